The van der Waals surface area contributed by atoms with Crippen LogP contribution in [-0.4, -0.2) is 28.8 Å². The van der Waals surface area contributed by atoms with Gasteiger partial charge in [0.1, 0.15) is 0 Å². The zero-order valence-corrected chi connectivity index (χ0v) is 14.4. The lowest BCUT2D eigenvalue weighted by Gasteiger charge is -2.37. The maximum absolute atomic E-state index is 12.9. The number of rotatable bonds is 5. The summed E-state index contributed by atoms with van der Waals surface area (Å²) >= 11 is 0. The van der Waals surface area contributed by atoms with Crippen molar-refractivity contribution in [2.24, 2.45) is 11.1 Å². The van der Waals surface area contributed by atoms with E-state index in [1.807, 2.05) is 13.8 Å². The van der Waals surface area contributed by atoms with Crippen molar-refractivity contribution in [3.05, 3.63) is 39.4 Å². The van der Waals surface area contributed by atoms with Gasteiger partial charge >= 0.3 is 0 Å². The molecule has 0 radical (unpaired) electrons. The van der Waals surface area contributed by atoms with Crippen LogP contribution in [0.5, 0.6) is 0 Å². The van der Waals surface area contributed by atoms with Crippen LogP contribution in [0.15, 0.2) is 18.2 Å². The van der Waals surface area contributed by atoms with Crippen molar-refractivity contribution in [3.63, 3.8) is 0 Å². The van der Waals surface area contributed by atoms with Gasteiger partial charge in [0.2, 0.25) is 5.91 Å². The van der Waals surface area contributed by atoms with Crippen LogP contribution in [-0.2, 0) is 17.8 Å². The normalized spacial score (nSPS) is 14.0. The second kappa shape index (κ2) is 7.75. The molecule has 0 aliphatic carbocycles. The van der Waals surface area contributed by atoms with Crippen LogP contribution in [0.1, 0.15) is 37.8 Å². The van der Waals surface area contributed by atoms with Crippen molar-refractivity contribution < 1.29 is 9.72 Å². The van der Waals surface area contributed by atoms with E-state index in [1.54, 1.807) is 17.0 Å². The number of hydrogen-bond donors (Lipinski definition) is 1. The number of nitro groups is 1. The fraction of sp³-hybridized carbons (Fsp3) is 0.562. The van der Waals surface area contributed by atoms with E-state index < -0.39 is 10.3 Å². The van der Waals surface area contributed by atoms with Gasteiger partial charge in [-0.2, -0.15) is 0 Å². The minimum atomic E-state index is -0.516. The number of carbonyl (C=O) groups is 1. The molecule has 0 saturated heterocycles. The number of hydrogen-bond acceptors (Lipinski definition) is 4. The van der Waals surface area contributed by atoms with Gasteiger partial charge in [0.05, 0.1) is 10.3 Å². The van der Waals surface area contributed by atoms with E-state index in [2.05, 4.69) is 0 Å². The summed E-state index contributed by atoms with van der Waals surface area (Å²) < 4.78 is 0. The summed E-state index contributed by atoms with van der Waals surface area (Å²) in [4.78, 5) is 25.2. The molecule has 0 bridgehead atoms. The molecule has 0 atom stereocenters. The third kappa shape index (κ3) is 3.64. The summed E-state index contributed by atoms with van der Waals surface area (Å²) in [5.74, 6) is 0.0668. The highest BCUT2D eigenvalue weighted by molar-refractivity contribution is 5.85. The van der Waals surface area contributed by atoms with Crippen LogP contribution in [0.4, 0.5) is 5.69 Å². The molecular formula is C16H24ClN3O3. The Morgan fingerprint density at radius 1 is 1.35 bits per heavy atom. The minimum Gasteiger partial charge on any atom is -0.338 e. The largest absolute Gasteiger partial charge is 0.338 e. The maximum atomic E-state index is 12.9. The van der Waals surface area contributed by atoms with Gasteiger partial charge in [0, 0.05) is 31.8 Å². The molecule has 0 spiro atoms. The second-order valence-electron chi connectivity index (χ2n) is 5.88. The molecule has 1 heterocycles. The highest BCUT2D eigenvalue weighted by Gasteiger charge is 2.37. The highest BCUT2D eigenvalue weighted by Crippen LogP contribution is 2.31. The number of nitrogens with two attached hydrogens (primary N) is 1. The maximum Gasteiger partial charge on any atom is 0.269 e. The Kier molecular flexibility index (Phi) is 6.53. The van der Waals surface area contributed by atoms with E-state index in [1.165, 1.54) is 6.07 Å². The first kappa shape index (κ1) is 19.4. The summed E-state index contributed by atoms with van der Waals surface area (Å²) in [5.41, 5.74) is 7.37. The molecule has 0 unspecified atom stereocenters. The Hall–Kier alpha value is -1.66. The molecule has 6 nitrogen and oxygen atoms in total. The zero-order valence-electron chi connectivity index (χ0n) is 13.6. The van der Waals surface area contributed by atoms with Crippen molar-refractivity contribution in [2.45, 2.75) is 39.7 Å². The van der Waals surface area contributed by atoms with E-state index in [0.717, 1.165) is 17.5 Å². The fourth-order valence-electron chi connectivity index (χ4n) is 3.09. The third-order valence-electron chi connectivity index (χ3n) is 4.90. The van der Waals surface area contributed by atoms with Gasteiger partial charge in [0.15, 0.2) is 0 Å². The summed E-state index contributed by atoms with van der Waals surface area (Å²) in [5, 5.41) is 10.9. The van der Waals surface area contributed by atoms with Crippen molar-refractivity contribution in [1.29, 1.82) is 0 Å². The molecule has 1 aliphatic heterocycles. The lowest BCUT2D eigenvalue weighted by molar-refractivity contribution is -0.385. The molecule has 2 N–H and O–H groups in total. The molecule has 7 heteroatoms. The van der Waals surface area contributed by atoms with E-state index in [0.29, 0.717) is 32.5 Å². The van der Waals surface area contributed by atoms with Crippen LogP contribution in [0.3, 0.4) is 0 Å². The van der Waals surface area contributed by atoms with Crippen molar-refractivity contribution in [2.75, 3.05) is 13.1 Å². The number of nitrogens with zero attached hydrogens (tertiary/aromatic N) is 2. The molecule has 0 aromatic heterocycles. The average Bonchev–Trinajstić information content (AvgIpc) is 2.55. The van der Waals surface area contributed by atoms with Crippen molar-refractivity contribution >= 4 is 24.0 Å². The second-order valence-corrected chi connectivity index (χ2v) is 5.88. The Bertz CT molecular complexity index is 580. The van der Waals surface area contributed by atoms with Crippen LogP contribution >= 0.6 is 12.4 Å². The fourth-order valence-corrected chi connectivity index (χ4v) is 3.09. The summed E-state index contributed by atoms with van der Waals surface area (Å²) in [6, 6.07) is 4.90. The number of carbonyl (C=O) groups excluding carboxylic acids is 1. The summed E-state index contributed by atoms with van der Waals surface area (Å²) in [6.07, 6.45) is 2.14. The standard InChI is InChI=1S/C16H23N3O3.ClH/c1-3-16(4-2,11-17)15(20)18-8-7-12-5-6-14(19(21)22)9-13(12)10-18;/h5-6,9H,3-4,7-8,10-11,17H2,1-2H3;1H. The van der Waals surface area contributed by atoms with Gasteiger partial charge in [0.25, 0.3) is 5.69 Å². The number of non-ortho nitro benzene ring substituents is 1. The Morgan fingerprint density at radius 3 is 2.52 bits per heavy atom. The first-order chi connectivity index (χ1) is 10.5. The first-order valence-electron chi connectivity index (χ1n) is 7.73. The molecule has 1 amide bonds. The van der Waals surface area contributed by atoms with Crippen molar-refractivity contribution in [1.82, 2.24) is 4.90 Å². The van der Waals surface area contributed by atoms with Crippen molar-refractivity contribution in [3.8, 4) is 0 Å². The van der Waals surface area contributed by atoms with E-state index in [9.17, 15) is 14.9 Å². The molecule has 0 fully saturated rings. The van der Waals surface area contributed by atoms with Crippen LogP contribution in [0, 0.1) is 15.5 Å². The molecule has 128 valence electrons. The van der Waals surface area contributed by atoms with Gasteiger partial charge in [-0.3, -0.25) is 14.9 Å². The molecule has 1 aliphatic rings. The third-order valence-corrected chi connectivity index (χ3v) is 4.90. The Balaban J connectivity index is 0.00000264. The van der Waals surface area contributed by atoms with Gasteiger partial charge < -0.3 is 10.6 Å². The molecule has 1 aromatic carbocycles. The molecule has 2 rings (SSSR count). The predicted molar refractivity (Wildman–Crippen MR) is 91.5 cm³/mol. The number of nitro benzene ring substituents is 1. The van der Waals surface area contributed by atoms with E-state index in [4.69, 9.17) is 5.73 Å². The smallest absolute Gasteiger partial charge is 0.269 e. The summed E-state index contributed by atoms with van der Waals surface area (Å²) in [7, 11) is 0. The first-order valence-corrected chi connectivity index (χ1v) is 7.73. The number of benzene rings is 1. The Morgan fingerprint density at radius 2 is 2.00 bits per heavy atom. The number of amides is 1. The lowest BCUT2D eigenvalue weighted by atomic mass is 9.80. The monoisotopic (exact) mass is 341 g/mol. The van der Waals surface area contributed by atoms with Gasteiger partial charge in [-0.1, -0.05) is 19.9 Å². The van der Waals surface area contributed by atoms with Crippen LogP contribution < -0.4 is 5.73 Å². The minimum absolute atomic E-state index is 0. The van der Waals surface area contributed by atoms with Gasteiger partial charge in [-0.15, -0.1) is 12.4 Å². The summed E-state index contributed by atoms with van der Waals surface area (Å²) in [6.45, 7) is 5.37. The predicted octanol–water partition coefficient (Wildman–Crippen LogP) is 2.67. The van der Waals surface area contributed by atoms with Crippen LogP contribution in [0.25, 0.3) is 0 Å². The SMILES string of the molecule is CCC(CC)(CN)C(=O)N1CCc2ccc([N+](=O)[O-])cc2C1.Cl. The number of halogens is 1. The lowest BCUT2D eigenvalue weighted by Crippen LogP contribution is -2.49. The molecule has 23 heavy (non-hydrogen) atoms. The number of fused-ring (bicyclic) bond motifs is 1. The molecule has 0 saturated carbocycles. The Labute approximate surface area is 142 Å². The quantitative estimate of drug-likeness (QED) is 0.658. The highest BCUT2D eigenvalue weighted by atomic mass is 35.5. The molecular weight excluding hydrogens is 318 g/mol. The average molecular weight is 342 g/mol. The van der Waals surface area contributed by atoms with E-state index >= 15 is 0 Å². The topological polar surface area (TPSA) is 89.5 Å². The van der Waals surface area contributed by atoms with E-state index in [-0.39, 0.29) is 24.0 Å². The van der Waals surface area contributed by atoms with Crippen LogP contribution in [0.2, 0.25) is 0 Å². The molecule has 1 aromatic rings. The van der Waals surface area contributed by atoms with Gasteiger partial charge in [-0.05, 0) is 30.4 Å². The van der Waals surface area contributed by atoms with Gasteiger partial charge in [-0.25, -0.2) is 0 Å². The zero-order chi connectivity index (χ0) is 16.3.